The molecule has 0 saturated carbocycles. The predicted octanol–water partition coefficient (Wildman–Crippen LogP) is 3.71. The molecule has 2 aromatic carbocycles. The van der Waals surface area contributed by atoms with Crippen molar-refractivity contribution >= 4 is 15.9 Å². The smallest absolute Gasteiger partial charge is 0.243 e. The molecule has 0 aliphatic carbocycles. The van der Waals surface area contributed by atoms with E-state index in [0.29, 0.717) is 43.3 Å². The van der Waals surface area contributed by atoms with Crippen LogP contribution in [-0.2, 0) is 21.4 Å². The van der Waals surface area contributed by atoms with E-state index in [1.807, 2.05) is 48.7 Å². The van der Waals surface area contributed by atoms with Gasteiger partial charge in [0, 0.05) is 37.9 Å². The van der Waals surface area contributed by atoms with Gasteiger partial charge in [0.25, 0.3) is 0 Å². The molecule has 2 heterocycles. The molecule has 1 N–H and O–H groups in total. The molecule has 0 unspecified atom stereocenters. The predicted molar refractivity (Wildman–Crippen MR) is 127 cm³/mol. The van der Waals surface area contributed by atoms with Crippen LogP contribution >= 0.6 is 0 Å². The Bertz CT molecular complexity index is 1160. The maximum Gasteiger partial charge on any atom is 0.243 e. The Labute approximate surface area is 195 Å². The van der Waals surface area contributed by atoms with Gasteiger partial charge in [-0.15, -0.1) is 0 Å². The third-order valence-electron chi connectivity index (χ3n) is 6.18. The fourth-order valence-electron chi connectivity index (χ4n) is 4.05. The Balaban J connectivity index is 1.28. The summed E-state index contributed by atoms with van der Waals surface area (Å²) in [5.41, 5.74) is 3.08. The third-order valence-corrected chi connectivity index (χ3v) is 8.09. The molecule has 4 rings (SSSR count). The van der Waals surface area contributed by atoms with Gasteiger partial charge >= 0.3 is 0 Å². The highest BCUT2D eigenvalue weighted by molar-refractivity contribution is 7.89. The van der Waals surface area contributed by atoms with Crippen molar-refractivity contribution in [1.29, 1.82) is 0 Å². The minimum Gasteiger partial charge on any atom is -0.352 e. The summed E-state index contributed by atoms with van der Waals surface area (Å²) in [6.45, 7) is 5.31. The van der Waals surface area contributed by atoms with E-state index >= 15 is 0 Å². The number of hydrogen-bond acceptors (Lipinski definition) is 4. The molecular formula is C25H30N4O3S. The van der Waals surface area contributed by atoms with Crippen molar-refractivity contribution in [3.05, 3.63) is 78.1 Å². The molecule has 174 valence electrons. The first kappa shape index (κ1) is 23.2. The van der Waals surface area contributed by atoms with Gasteiger partial charge in [-0.1, -0.05) is 38.1 Å². The summed E-state index contributed by atoms with van der Waals surface area (Å²) in [5, 5.41) is 7.20. The average molecular weight is 467 g/mol. The second-order valence-corrected chi connectivity index (χ2v) is 10.7. The number of sulfonamides is 1. The van der Waals surface area contributed by atoms with E-state index in [4.69, 9.17) is 0 Å². The maximum atomic E-state index is 13.0. The summed E-state index contributed by atoms with van der Waals surface area (Å²) < 4.78 is 29.3. The van der Waals surface area contributed by atoms with E-state index in [1.54, 1.807) is 23.0 Å². The Morgan fingerprint density at radius 2 is 1.73 bits per heavy atom. The van der Waals surface area contributed by atoms with Crippen LogP contribution in [0.1, 0.15) is 43.7 Å². The van der Waals surface area contributed by atoms with E-state index in [1.165, 1.54) is 4.31 Å². The lowest BCUT2D eigenvalue weighted by atomic mass is 9.97. The van der Waals surface area contributed by atoms with Crippen LogP contribution in [-0.4, -0.2) is 41.5 Å². The topological polar surface area (TPSA) is 84.3 Å². The number of piperidine rings is 1. The van der Waals surface area contributed by atoms with Crippen LogP contribution in [0.5, 0.6) is 0 Å². The van der Waals surface area contributed by atoms with E-state index in [-0.39, 0.29) is 11.8 Å². The quantitative estimate of drug-likeness (QED) is 0.575. The molecule has 3 aromatic rings. The summed E-state index contributed by atoms with van der Waals surface area (Å²) in [7, 11) is -3.54. The number of amides is 1. The van der Waals surface area contributed by atoms with Gasteiger partial charge in [0.2, 0.25) is 15.9 Å². The van der Waals surface area contributed by atoms with Gasteiger partial charge in [-0.25, -0.2) is 13.1 Å². The van der Waals surface area contributed by atoms with Crippen molar-refractivity contribution in [2.24, 2.45) is 5.92 Å². The third kappa shape index (κ3) is 5.34. The minimum absolute atomic E-state index is 0.0236. The highest BCUT2D eigenvalue weighted by Gasteiger charge is 2.32. The van der Waals surface area contributed by atoms with E-state index < -0.39 is 10.0 Å². The monoisotopic (exact) mass is 466 g/mol. The molecule has 1 fully saturated rings. The molecule has 33 heavy (non-hydrogen) atoms. The van der Waals surface area contributed by atoms with Crippen molar-refractivity contribution < 1.29 is 13.2 Å². The van der Waals surface area contributed by atoms with Gasteiger partial charge in [0.15, 0.2) is 0 Å². The van der Waals surface area contributed by atoms with Gasteiger partial charge in [0.1, 0.15) is 0 Å². The van der Waals surface area contributed by atoms with Gasteiger partial charge in [0.05, 0.1) is 10.6 Å². The van der Waals surface area contributed by atoms with Crippen molar-refractivity contribution in [2.75, 3.05) is 13.1 Å². The van der Waals surface area contributed by atoms with Crippen LogP contribution in [0.25, 0.3) is 5.69 Å². The molecule has 7 nitrogen and oxygen atoms in total. The molecule has 1 aliphatic heterocycles. The fourth-order valence-corrected chi connectivity index (χ4v) is 5.52. The summed E-state index contributed by atoms with van der Waals surface area (Å²) in [6.07, 6.45) is 4.65. The van der Waals surface area contributed by atoms with Crippen LogP contribution in [0.3, 0.4) is 0 Å². The number of nitrogens with zero attached hydrogens (tertiary/aromatic N) is 3. The Morgan fingerprint density at radius 1 is 1.06 bits per heavy atom. The molecule has 1 amide bonds. The molecular weight excluding hydrogens is 436 g/mol. The average Bonchev–Trinajstić information content (AvgIpc) is 3.38. The lowest BCUT2D eigenvalue weighted by molar-refractivity contribution is -0.126. The summed E-state index contributed by atoms with van der Waals surface area (Å²) >= 11 is 0. The minimum atomic E-state index is -3.54. The molecule has 0 spiro atoms. The lowest BCUT2D eigenvalue weighted by Crippen LogP contribution is -2.42. The largest absolute Gasteiger partial charge is 0.352 e. The van der Waals surface area contributed by atoms with Crippen LogP contribution in [0, 0.1) is 5.92 Å². The normalized spacial score (nSPS) is 15.6. The molecule has 0 bridgehead atoms. The van der Waals surface area contributed by atoms with Crippen LogP contribution < -0.4 is 5.32 Å². The Morgan fingerprint density at radius 3 is 2.30 bits per heavy atom. The van der Waals surface area contributed by atoms with Crippen molar-refractivity contribution in [2.45, 2.75) is 44.0 Å². The zero-order chi connectivity index (χ0) is 23.4. The summed E-state index contributed by atoms with van der Waals surface area (Å²) in [6, 6.07) is 16.8. The molecule has 1 saturated heterocycles. The first-order chi connectivity index (χ1) is 15.8. The highest BCUT2D eigenvalue weighted by atomic mass is 32.2. The standard InChI is InChI=1S/C25H30N4O3S/c1-19(2)21-6-10-24(11-7-21)33(31,32)28-16-12-22(13-17-28)25(30)26-18-20-4-8-23(9-5-20)29-15-3-14-27-29/h3-11,14-15,19,22H,12-13,16-18H2,1-2H3,(H,26,30). The maximum absolute atomic E-state index is 13.0. The second kappa shape index (κ2) is 9.89. The van der Waals surface area contributed by atoms with E-state index in [2.05, 4.69) is 24.3 Å². The van der Waals surface area contributed by atoms with Gasteiger partial charge < -0.3 is 5.32 Å². The number of hydrogen-bond donors (Lipinski definition) is 1. The molecule has 1 aliphatic rings. The first-order valence-corrected chi connectivity index (χ1v) is 12.8. The summed E-state index contributed by atoms with van der Waals surface area (Å²) in [5.74, 6) is 0.151. The van der Waals surface area contributed by atoms with Gasteiger partial charge in [-0.05, 0) is 60.2 Å². The number of rotatable bonds is 7. The highest BCUT2D eigenvalue weighted by Crippen LogP contribution is 2.25. The number of carbonyl (C=O) groups is 1. The summed E-state index contributed by atoms with van der Waals surface area (Å²) in [4.78, 5) is 13.0. The van der Waals surface area contributed by atoms with Crippen molar-refractivity contribution in [3.63, 3.8) is 0 Å². The number of aromatic nitrogens is 2. The number of nitrogens with one attached hydrogen (secondary N) is 1. The Kier molecular flexibility index (Phi) is 6.95. The van der Waals surface area contributed by atoms with Crippen LogP contribution in [0.15, 0.2) is 71.9 Å². The number of carbonyl (C=O) groups excluding carboxylic acids is 1. The van der Waals surface area contributed by atoms with Crippen LogP contribution in [0.2, 0.25) is 0 Å². The number of benzene rings is 2. The van der Waals surface area contributed by atoms with Gasteiger partial charge in [-0.3, -0.25) is 4.79 Å². The zero-order valence-electron chi connectivity index (χ0n) is 19.0. The fraction of sp³-hybridized carbons (Fsp3) is 0.360. The van der Waals surface area contributed by atoms with Crippen molar-refractivity contribution in [3.8, 4) is 5.69 Å². The molecule has 1 aromatic heterocycles. The molecule has 0 atom stereocenters. The molecule has 8 heteroatoms. The Hall–Kier alpha value is -2.97. The van der Waals surface area contributed by atoms with Gasteiger partial charge in [-0.2, -0.15) is 9.40 Å². The molecule has 0 radical (unpaired) electrons. The van der Waals surface area contributed by atoms with Crippen LogP contribution in [0.4, 0.5) is 0 Å². The van der Waals surface area contributed by atoms with E-state index in [9.17, 15) is 13.2 Å². The van der Waals surface area contributed by atoms with E-state index in [0.717, 1.165) is 16.8 Å². The second-order valence-electron chi connectivity index (χ2n) is 8.74. The lowest BCUT2D eigenvalue weighted by Gasteiger charge is -2.30. The zero-order valence-corrected chi connectivity index (χ0v) is 19.8. The SMILES string of the molecule is CC(C)c1ccc(S(=O)(=O)N2CCC(C(=O)NCc3ccc(-n4cccn4)cc3)CC2)cc1. The first-order valence-electron chi connectivity index (χ1n) is 11.3. The van der Waals surface area contributed by atoms with Crippen molar-refractivity contribution in [1.82, 2.24) is 19.4 Å².